The van der Waals surface area contributed by atoms with E-state index in [4.69, 9.17) is 4.99 Å². The molecule has 0 bridgehead atoms. The third kappa shape index (κ3) is 5.87. The Labute approximate surface area is 169 Å². The van der Waals surface area contributed by atoms with Crippen LogP contribution in [0, 0.1) is 5.41 Å². The Morgan fingerprint density at radius 2 is 2.00 bits per heavy atom. The summed E-state index contributed by atoms with van der Waals surface area (Å²) in [6.07, 6.45) is 5.73. The summed E-state index contributed by atoms with van der Waals surface area (Å²) in [7, 11) is -2.97. The molecule has 1 aromatic carbocycles. The number of hydrogen-bond acceptors (Lipinski definition) is 4. The van der Waals surface area contributed by atoms with Crippen LogP contribution in [0.25, 0.3) is 0 Å². The molecule has 1 aliphatic heterocycles. The number of aliphatic imine (C=N–C) groups is 1. The number of nitrogens with one attached hydrogen (secondary N) is 2. The first kappa shape index (κ1) is 21.0. The smallest absolute Gasteiger partial charge is 0.191 e. The molecule has 28 heavy (non-hydrogen) atoms. The van der Waals surface area contributed by atoms with Gasteiger partial charge in [0.15, 0.2) is 5.96 Å². The zero-order valence-corrected chi connectivity index (χ0v) is 18.2. The highest BCUT2D eigenvalue weighted by molar-refractivity contribution is 7.90. The summed E-state index contributed by atoms with van der Waals surface area (Å²) in [5, 5.41) is 6.78. The molecule has 1 saturated heterocycles. The molecular weight excluding hydrogens is 372 g/mol. The second-order valence-electron chi connectivity index (χ2n) is 8.42. The molecule has 1 unspecified atom stereocenters. The van der Waals surface area contributed by atoms with Crippen LogP contribution >= 0.6 is 0 Å². The summed E-state index contributed by atoms with van der Waals surface area (Å²) >= 11 is 0. The van der Waals surface area contributed by atoms with Crippen molar-refractivity contribution in [3.8, 4) is 0 Å². The molecule has 0 amide bonds. The maximum absolute atomic E-state index is 11.7. The van der Waals surface area contributed by atoms with Gasteiger partial charge in [0.2, 0.25) is 0 Å². The highest BCUT2D eigenvalue weighted by Crippen LogP contribution is 2.46. The lowest BCUT2D eigenvalue weighted by Gasteiger charge is -2.22. The molecule has 0 radical (unpaired) electrons. The van der Waals surface area contributed by atoms with E-state index < -0.39 is 9.84 Å². The minimum absolute atomic E-state index is 0.116. The fourth-order valence-electron chi connectivity index (χ4n) is 3.90. The lowest BCUT2D eigenvalue weighted by Crippen LogP contribution is -2.39. The van der Waals surface area contributed by atoms with E-state index in [1.54, 1.807) is 0 Å². The molecule has 3 rings (SSSR count). The van der Waals surface area contributed by atoms with Crippen LogP contribution in [0.2, 0.25) is 0 Å². The number of guanidine groups is 1. The average molecular weight is 407 g/mol. The van der Waals surface area contributed by atoms with Crippen molar-refractivity contribution in [1.82, 2.24) is 10.6 Å². The molecule has 1 aliphatic carbocycles. The van der Waals surface area contributed by atoms with Crippen molar-refractivity contribution in [2.75, 3.05) is 43.1 Å². The summed E-state index contributed by atoms with van der Waals surface area (Å²) in [6, 6.07) is 8.83. The zero-order chi connectivity index (χ0) is 20.2. The fourth-order valence-corrected chi connectivity index (χ4v) is 5.39. The molecule has 6 nitrogen and oxygen atoms in total. The number of nitrogens with zero attached hydrogens (tertiary/aromatic N) is 2. The molecule has 0 aromatic heterocycles. The first-order valence-electron chi connectivity index (χ1n) is 10.4. The number of sulfone groups is 1. The van der Waals surface area contributed by atoms with Gasteiger partial charge in [-0.3, -0.25) is 4.99 Å². The first-order valence-corrected chi connectivity index (χ1v) is 12.4. The van der Waals surface area contributed by atoms with Gasteiger partial charge in [-0.05, 0) is 57.2 Å². The number of benzene rings is 1. The van der Waals surface area contributed by atoms with Gasteiger partial charge in [-0.25, -0.2) is 8.42 Å². The minimum Gasteiger partial charge on any atom is -0.372 e. The number of anilines is 1. The molecule has 1 heterocycles. The number of hydrogen-bond donors (Lipinski definition) is 2. The Morgan fingerprint density at radius 3 is 2.61 bits per heavy atom. The lowest BCUT2D eigenvalue weighted by molar-refractivity contribution is 0.548. The molecule has 156 valence electrons. The fraction of sp³-hybridized carbons (Fsp3) is 0.667. The van der Waals surface area contributed by atoms with Crippen molar-refractivity contribution in [1.29, 1.82) is 0 Å². The van der Waals surface area contributed by atoms with Crippen LogP contribution < -0.4 is 15.5 Å². The van der Waals surface area contributed by atoms with Crippen LogP contribution in [0.1, 0.15) is 51.1 Å². The third-order valence-corrected chi connectivity index (χ3v) is 6.77. The largest absolute Gasteiger partial charge is 0.372 e. The van der Waals surface area contributed by atoms with Crippen molar-refractivity contribution < 1.29 is 8.42 Å². The highest BCUT2D eigenvalue weighted by atomic mass is 32.2. The van der Waals surface area contributed by atoms with Crippen LogP contribution in [0.15, 0.2) is 29.3 Å². The summed E-state index contributed by atoms with van der Waals surface area (Å²) in [4.78, 5) is 7.16. The van der Waals surface area contributed by atoms with E-state index in [0.29, 0.717) is 6.54 Å². The van der Waals surface area contributed by atoms with E-state index >= 15 is 0 Å². The summed E-state index contributed by atoms with van der Waals surface area (Å²) in [6.45, 7) is 7.77. The zero-order valence-electron chi connectivity index (χ0n) is 17.4. The second-order valence-corrected chi connectivity index (χ2v) is 10.6. The molecule has 0 spiro atoms. The van der Waals surface area contributed by atoms with Crippen LogP contribution in [-0.4, -0.2) is 52.6 Å². The molecular formula is C21H34N4O2S. The van der Waals surface area contributed by atoms with Gasteiger partial charge in [-0.15, -0.1) is 0 Å². The lowest BCUT2D eigenvalue weighted by atomic mass is 10.1. The Balaban J connectivity index is 1.66. The van der Waals surface area contributed by atoms with Gasteiger partial charge in [0, 0.05) is 43.5 Å². The van der Waals surface area contributed by atoms with E-state index in [2.05, 4.69) is 46.7 Å². The molecule has 1 saturated carbocycles. The van der Waals surface area contributed by atoms with E-state index in [1.165, 1.54) is 30.3 Å². The second kappa shape index (κ2) is 8.72. The molecule has 1 aromatic rings. The summed E-state index contributed by atoms with van der Waals surface area (Å²) in [5.74, 6) is 0.984. The predicted molar refractivity (Wildman–Crippen MR) is 117 cm³/mol. The van der Waals surface area contributed by atoms with Gasteiger partial charge in [0.05, 0.1) is 11.8 Å². The SMILES string of the molecule is CCNC(=NCC1(CS(C)(=O)=O)CC1)NC(C)c1cccc(N2CCCC2)c1. The maximum Gasteiger partial charge on any atom is 0.191 e. The van der Waals surface area contributed by atoms with E-state index in [9.17, 15) is 8.42 Å². The third-order valence-electron chi connectivity index (χ3n) is 5.64. The van der Waals surface area contributed by atoms with Crippen LogP contribution in [-0.2, 0) is 9.84 Å². The van der Waals surface area contributed by atoms with Crippen molar-refractivity contribution in [2.24, 2.45) is 10.4 Å². The van der Waals surface area contributed by atoms with E-state index in [1.807, 2.05) is 6.92 Å². The average Bonchev–Trinajstić information content (AvgIpc) is 3.17. The quantitative estimate of drug-likeness (QED) is 0.513. The Kier molecular flexibility index (Phi) is 6.53. The van der Waals surface area contributed by atoms with Crippen molar-refractivity contribution >= 4 is 21.5 Å². The van der Waals surface area contributed by atoms with Gasteiger partial charge in [-0.2, -0.15) is 0 Å². The standard InChI is InChI=1S/C21H34N4O2S/c1-4-22-20(23-15-21(10-11-21)16-28(3,26)27)24-17(2)18-8-7-9-19(14-18)25-12-5-6-13-25/h7-9,14,17H,4-6,10-13,15-16H2,1-3H3,(H2,22,23,24). The van der Waals surface area contributed by atoms with Crippen LogP contribution in [0.5, 0.6) is 0 Å². The topological polar surface area (TPSA) is 73.8 Å². The number of rotatable bonds is 8. The van der Waals surface area contributed by atoms with E-state index in [0.717, 1.165) is 38.4 Å². The molecule has 7 heteroatoms. The van der Waals surface area contributed by atoms with Gasteiger partial charge in [0.1, 0.15) is 9.84 Å². The summed E-state index contributed by atoms with van der Waals surface area (Å²) < 4.78 is 23.4. The highest BCUT2D eigenvalue weighted by Gasteiger charge is 2.45. The Hall–Kier alpha value is -1.76. The van der Waals surface area contributed by atoms with Gasteiger partial charge in [0.25, 0.3) is 0 Å². The Bertz CT molecular complexity index is 796. The van der Waals surface area contributed by atoms with Crippen molar-refractivity contribution in [3.05, 3.63) is 29.8 Å². The molecule has 2 fully saturated rings. The molecule has 2 N–H and O–H groups in total. The normalized spacial score (nSPS) is 20.1. The Morgan fingerprint density at radius 1 is 1.29 bits per heavy atom. The minimum atomic E-state index is -2.97. The van der Waals surface area contributed by atoms with Crippen molar-refractivity contribution in [2.45, 2.75) is 45.6 Å². The van der Waals surface area contributed by atoms with Crippen LogP contribution in [0.3, 0.4) is 0 Å². The van der Waals surface area contributed by atoms with Crippen LogP contribution in [0.4, 0.5) is 5.69 Å². The van der Waals surface area contributed by atoms with E-state index in [-0.39, 0.29) is 17.2 Å². The summed E-state index contributed by atoms with van der Waals surface area (Å²) in [5.41, 5.74) is 2.36. The maximum atomic E-state index is 11.7. The van der Waals surface area contributed by atoms with Gasteiger partial charge >= 0.3 is 0 Å². The van der Waals surface area contributed by atoms with Gasteiger partial charge < -0.3 is 15.5 Å². The predicted octanol–water partition coefficient (Wildman–Crippen LogP) is 2.73. The van der Waals surface area contributed by atoms with Gasteiger partial charge in [-0.1, -0.05) is 12.1 Å². The molecule has 1 atom stereocenters. The molecule has 2 aliphatic rings. The van der Waals surface area contributed by atoms with Crippen molar-refractivity contribution in [3.63, 3.8) is 0 Å². The monoisotopic (exact) mass is 406 g/mol. The first-order chi connectivity index (χ1) is 13.3.